The zero-order chi connectivity index (χ0) is 47.3. The molecule has 1 heterocycles. The molecule has 13 nitrogen and oxygen atoms in total. The number of benzene rings is 4. The lowest BCUT2D eigenvalue weighted by molar-refractivity contribution is -0.141. The van der Waals surface area contributed by atoms with Crippen molar-refractivity contribution in [2.24, 2.45) is 11.5 Å². The number of likely N-dealkylation sites (tertiary alicyclic amines) is 1. The summed E-state index contributed by atoms with van der Waals surface area (Å²) in [6.45, 7) is 3.89. The van der Waals surface area contributed by atoms with Crippen LogP contribution >= 0.6 is 11.6 Å². The van der Waals surface area contributed by atoms with Gasteiger partial charge < -0.3 is 37.4 Å². The number of carboxylic acid groups (broad SMARTS) is 1. The molecule has 0 saturated carbocycles. The predicted molar refractivity (Wildman–Crippen MR) is 246 cm³/mol. The number of rotatable bonds is 20. The van der Waals surface area contributed by atoms with Crippen molar-refractivity contribution in [3.63, 3.8) is 0 Å². The van der Waals surface area contributed by atoms with E-state index >= 15 is 0 Å². The smallest absolute Gasteiger partial charge is 0.303 e. The Hall–Kier alpha value is -6.97. The minimum absolute atomic E-state index is 0.0831. The molecule has 65 heavy (non-hydrogen) atoms. The van der Waals surface area contributed by atoms with Gasteiger partial charge in [0, 0.05) is 54.7 Å². The van der Waals surface area contributed by atoms with Crippen molar-refractivity contribution in [3.8, 4) is 0 Å². The second-order valence-corrected chi connectivity index (χ2v) is 15.4. The lowest BCUT2D eigenvalue weighted by Gasteiger charge is -2.30. The van der Waals surface area contributed by atoms with E-state index in [0.717, 1.165) is 11.1 Å². The first-order chi connectivity index (χ1) is 31.1. The van der Waals surface area contributed by atoms with Gasteiger partial charge in [-0.1, -0.05) is 104 Å². The lowest BCUT2D eigenvalue weighted by Crippen LogP contribution is -2.55. The van der Waals surface area contributed by atoms with Crippen LogP contribution in [0.15, 0.2) is 133 Å². The molecule has 3 amide bonds. The van der Waals surface area contributed by atoms with Crippen molar-refractivity contribution in [1.82, 2.24) is 20.9 Å². The molecule has 4 aromatic rings. The van der Waals surface area contributed by atoms with E-state index in [0.29, 0.717) is 31.6 Å². The Kier molecular flexibility index (Phi) is 20.2. The van der Waals surface area contributed by atoms with Crippen LogP contribution in [-0.4, -0.2) is 88.9 Å². The molecule has 0 radical (unpaired) electrons. The highest BCUT2D eigenvalue weighted by Crippen LogP contribution is 2.24. The molecule has 0 spiro atoms. The van der Waals surface area contributed by atoms with E-state index < -0.39 is 59.2 Å². The van der Waals surface area contributed by atoms with Crippen LogP contribution in [0.5, 0.6) is 0 Å². The average Bonchev–Trinajstić information content (AvgIpc) is 3.29. The number of nitrogens with zero attached hydrogens (tertiary/aromatic N) is 1. The summed E-state index contributed by atoms with van der Waals surface area (Å²) in [5, 5.41) is 17.2. The minimum atomic E-state index is -1.11. The first-order valence-electron chi connectivity index (χ1n) is 20.8. The number of carbonyl (C=O) groups excluding carboxylic acids is 5. The van der Waals surface area contributed by atoms with Crippen molar-refractivity contribution < 1.29 is 42.7 Å². The molecule has 0 aromatic heterocycles. The number of ketones is 2. The van der Waals surface area contributed by atoms with Gasteiger partial charge >= 0.3 is 5.97 Å². The number of halogens is 3. The molecule has 0 aliphatic carbocycles. The summed E-state index contributed by atoms with van der Waals surface area (Å²) in [7, 11) is 0. The van der Waals surface area contributed by atoms with Gasteiger partial charge in [0.1, 0.15) is 17.7 Å². The zero-order valence-corrected chi connectivity index (χ0v) is 36.4. The van der Waals surface area contributed by atoms with Gasteiger partial charge in [-0.05, 0) is 54.7 Å². The third-order valence-electron chi connectivity index (χ3n) is 10.1. The standard InChI is InChI=1S/C26H34ClN5O3.C23H19F2NO4/c1-18(28)30-14-8-13-22(24(33)17-27)31-26(35)23(16-20-11-6-3-7-12-20)32-25(34)21(29)15-19-9-4-2-5-10-19;24-19-7-3-1-5-15(19)11-17-13-26(21(27)9-10-22(28)29)14-18(23(17)30)12-16-6-2-4-8-20(16)25/h2-7,9-12,21-23,30H,1,8,13-17,28-29H2,(H,31,35)(H,32,34);1-8,11-12H,9-10,13-14H2,(H,28,29)/b;17-11+,18-12+/t21-,22+,23?;/m1./s1. The highest BCUT2D eigenvalue weighted by Gasteiger charge is 2.30. The molecule has 1 aliphatic rings. The number of carbonyl (C=O) groups is 6. The summed E-state index contributed by atoms with van der Waals surface area (Å²) in [6.07, 6.45) is 3.64. The number of Topliss-reactive ketones (excluding diaryl/α,β-unsaturated/α-hetero) is 2. The third-order valence-corrected chi connectivity index (χ3v) is 10.4. The van der Waals surface area contributed by atoms with E-state index in [1.54, 1.807) is 12.1 Å². The quantitative estimate of drug-likeness (QED) is 0.0393. The van der Waals surface area contributed by atoms with Gasteiger partial charge in [0.05, 0.1) is 30.2 Å². The van der Waals surface area contributed by atoms with Gasteiger partial charge in [0.2, 0.25) is 17.7 Å². The Morgan fingerprint density at radius 2 is 1.23 bits per heavy atom. The maximum absolute atomic E-state index is 14.1. The topological polar surface area (TPSA) is 214 Å². The van der Waals surface area contributed by atoms with E-state index in [2.05, 4.69) is 22.5 Å². The van der Waals surface area contributed by atoms with Crippen LogP contribution in [0.1, 0.15) is 47.9 Å². The number of piperidine rings is 1. The maximum atomic E-state index is 14.1. The van der Waals surface area contributed by atoms with Crippen LogP contribution in [0.2, 0.25) is 0 Å². The van der Waals surface area contributed by atoms with Crippen molar-refractivity contribution in [2.45, 2.75) is 56.7 Å². The molecule has 1 fully saturated rings. The number of hydrogen-bond donors (Lipinski definition) is 6. The summed E-state index contributed by atoms with van der Waals surface area (Å²) in [4.78, 5) is 76.0. The Morgan fingerprint density at radius 3 is 1.72 bits per heavy atom. The summed E-state index contributed by atoms with van der Waals surface area (Å²) in [6, 6.07) is 28.0. The molecule has 1 saturated heterocycles. The van der Waals surface area contributed by atoms with Gasteiger partial charge in [0.15, 0.2) is 11.6 Å². The summed E-state index contributed by atoms with van der Waals surface area (Å²) >= 11 is 5.77. The van der Waals surface area contributed by atoms with Crippen LogP contribution in [0, 0.1) is 11.6 Å². The fourth-order valence-electron chi connectivity index (χ4n) is 6.68. The lowest BCUT2D eigenvalue weighted by atomic mass is 9.93. The number of carboxylic acids is 1. The van der Waals surface area contributed by atoms with E-state index in [1.165, 1.54) is 53.5 Å². The van der Waals surface area contributed by atoms with Gasteiger partial charge in [-0.2, -0.15) is 0 Å². The fraction of sp³-hybridized carbons (Fsp3) is 0.265. The molecule has 16 heteroatoms. The number of nitrogens with one attached hydrogen (secondary N) is 3. The van der Waals surface area contributed by atoms with E-state index in [1.807, 2.05) is 60.7 Å². The monoisotopic (exact) mass is 910 g/mol. The molecule has 4 aromatic carbocycles. The summed E-state index contributed by atoms with van der Waals surface area (Å²) in [5.41, 5.74) is 14.1. The normalized spacial score (nSPS) is 14.9. The molecule has 3 atom stereocenters. The van der Waals surface area contributed by atoms with Crippen molar-refractivity contribution in [2.75, 3.05) is 25.5 Å². The van der Waals surface area contributed by atoms with Gasteiger partial charge in [-0.25, -0.2) is 8.78 Å². The number of nitrogens with two attached hydrogens (primary N) is 2. The Morgan fingerprint density at radius 1 is 0.738 bits per heavy atom. The first-order valence-corrected chi connectivity index (χ1v) is 21.3. The molecule has 5 rings (SSSR count). The van der Waals surface area contributed by atoms with Crippen LogP contribution in [0.3, 0.4) is 0 Å². The first kappa shape index (κ1) is 50.7. The van der Waals surface area contributed by atoms with Gasteiger partial charge in [0.25, 0.3) is 0 Å². The number of hydrogen-bond acceptors (Lipinski definition) is 9. The van der Waals surface area contributed by atoms with Crippen molar-refractivity contribution in [1.29, 1.82) is 0 Å². The second kappa shape index (κ2) is 26.0. The molecule has 1 unspecified atom stereocenters. The second-order valence-electron chi connectivity index (χ2n) is 15.2. The van der Waals surface area contributed by atoms with E-state index in [9.17, 15) is 37.5 Å². The minimum Gasteiger partial charge on any atom is -0.481 e. The summed E-state index contributed by atoms with van der Waals surface area (Å²) in [5.74, 6) is -4.17. The van der Waals surface area contributed by atoms with E-state index in [-0.39, 0.29) is 66.3 Å². The summed E-state index contributed by atoms with van der Waals surface area (Å²) < 4.78 is 28.1. The van der Waals surface area contributed by atoms with E-state index in [4.69, 9.17) is 28.2 Å². The zero-order valence-electron chi connectivity index (χ0n) is 35.7. The van der Waals surface area contributed by atoms with Crippen LogP contribution in [0.25, 0.3) is 12.2 Å². The van der Waals surface area contributed by atoms with Gasteiger partial charge in [-0.3, -0.25) is 28.8 Å². The van der Waals surface area contributed by atoms with Crippen molar-refractivity contribution in [3.05, 3.63) is 167 Å². The van der Waals surface area contributed by atoms with Crippen LogP contribution < -0.4 is 27.4 Å². The van der Waals surface area contributed by atoms with Crippen LogP contribution in [0.4, 0.5) is 8.78 Å². The highest BCUT2D eigenvalue weighted by atomic mass is 35.5. The number of alkyl halides is 1. The third kappa shape index (κ3) is 16.9. The predicted octanol–water partition coefficient (Wildman–Crippen LogP) is 5.08. The Balaban J connectivity index is 0.000000288. The molecular weight excluding hydrogens is 858 g/mol. The Bertz CT molecular complexity index is 2300. The maximum Gasteiger partial charge on any atom is 0.303 e. The number of amides is 3. The number of aliphatic carboxylic acids is 1. The molecule has 0 bridgehead atoms. The SMILES string of the molecule is C=C(N)NCCC[C@H](NC(=O)C(Cc1ccccc1)NC(=O)[C@H](N)Cc1ccccc1)C(=O)CCl.O=C(O)CCC(=O)N1C/C(=C\c2ccccc2F)C(=O)/C(=C/c2ccccc2F)C1. The molecule has 342 valence electrons. The highest BCUT2D eigenvalue weighted by molar-refractivity contribution is 6.28. The van der Waals surface area contributed by atoms with Gasteiger partial charge in [-0.15, -0.1) is 11.6 Å². The Labute approximate surface area is 381 Å². The largest absolute Gasteiger partial charge is 0.481 e. The van der Waals surface area contributed by atoms with Crippen molar-refractivity contribution >= 4 is 59.0 Å². The average molecular weight is 911 g/mol. The molecular formula is C49H53ClF2N6O7. The van der Waals surface area contributed by atoms with Crippen LogP contribution in [-0.2, 0) is 41.6 Å². The molecule has 1 aliphatic heterocycles. The fourth-order valence-corrected chi connectivity index (χ4v) is 6.87. The molecule has 8 N–H and O–H groups in total.